The number of hydrogen-bond donors (Lipinski definition) is 8. The van der Waals surface area contributed by atoms with Crippen LogP contribution in [0.2, 0.25) is 0 Å². The lowest BCUT2D eigenvalue weighted by atomic mass is 9.97. The molecule has 0 amide bonds. The van der Waals surface area contributed by atoms with Crippen molar-refractivity contribution in [3.63, 3.8) is 0 Å². The fraction of sp³-hybridized carbons (Fsp3) is 1.00. The number of ether oxygens (including phenoxy) is 3. The third kappa shape index (κ3) is 3.65. The quantitative estimate of drug-likeness (QED) is 0.243. The molecule has 2 fully saturated rings. The van der Waals surface area contributed by atoms with Gasteiger partial charge in [0, 0.05) is 0 Å². The predicted molar refractivity (Wildman–Crippen MR) is 68.6 cm³/mol. The average molecular weight is 342 g/mol. The van der Waals surface area contributed by atoms with Gasteiger partial charge in [-0.15, -0.1) is 0 Å². The van der Waals surface area contributed by atoms with Crippen LogP contribution in [0.4, 0.5) is 0 Å². The summed E-state index contributed by atoms with van der Waals surface area (Å²) in [5, 5.41) is 76.7. The highest BCUT2D eigenvalue weighted by atomic mass is 16.7. The van der Waals surface area contributed by atoms with Crippen molar-refractivity contribution in [1.82, 2.24) is 0 Å². The fourth-order valence-corrected chi connectivity index (χ4v) is 2.55. The Hall–Kier alpha value is -0.440. The van der Waals surface area contributed by atoms with Crippen LogP contribution in [0.5, 0.6) is 0 Å². The second kappa shape index (κ2) is 7.63. The van der Waals surface area contributed by atoms with E-state index in [1.807, 2.05) is 0 Å². The zero-order valence-electron chi connectivity index (χ0n) is 12.0. The molecule has 2 aliphatic heterocycles. The first-order valence-electron chi connectivity index (χ1n) is 7.08. The fourth-order valence-electron chi connectivity index (χ4n) is 2.55. The lowest BCUT2D eigenvalue weighted by Gasteiger charge is -2.44. The van der Waals surface area contributed by atoms with E-state index >= 15 is 0 Å². The van der Waals surface area contributed by atoms with E-state index < -0.39 is 74.6 Å². The van der Waals surface area contributed by atoms with Gasteiger partial charge in [0.1, 0.15) is 48.8 Å². The van der Waals surface area contributed by atoms with Gasteiger partial charge in [-0.1, -0.05) is 0 Å². The highest BCUT2D eigenvalue weighted by Gasteiger charge is 2.50. The molecule has 11 heteroatoms. The molecule has 6 unspecified atom stereocenters. The van der Waals surface area contributed by atoms with Gasteiger partial charge in [0.25, 0.3) is 0 Å². The van der Waals surface area contributed by atoms with Crippen molar-refractivity contribution < 1.29 is 55.1 Å². The summed E-state index contributed by atoms with van der Waals surface area (Å²) in [5.74, 6) is 0. The van der Waals surface area contributed by atoms with Crippen LogP contribution in [0, 0.1) is 0 Å². The van der Waals surface area contributed by atoms with Gasteiger partial charge in [0.15, 0.2) is 12.6 Å². The Morgan fingerprint density at radius 2 is 1.17 bits per heavy atom. The minimum absolute atomic E-state index is 0.651. The Labute approximate surface area is 130 Å². The van der Waals surface area contributed by atoms with Gasteiger partial charge in [-0.25, -0.2) is 0 Å². The van der Waals surface area contributed by atoms with E-state index in [9.17, 15) is 30.6 Å². The van der Waals surface area contributed by atoms with Crippen molar-refractivity contribution in [3.05, 3.63) is 0 Å². The summed E-state index contributed by atoms with van der Waals surface area (Å²) in [6.07, 6.45) is -15.6. The minimum Gasteiger partial charge on any atom is -0.394 e. The minimum atomic E-state index is -1.75. The topological polar surface area (TPSA) is 190 Å². The molecule has 0 aromatic heterocycles. The summed E-state index contributed by atoms with van der Waals surface area (Å²) in [7, 11) is 0. The summed E-state index contributed by atoms with van der Waals surface area (Å²) in [4.78, 5) is 0. The van der Waals surface area contributed by atoms with Gasteiger partial charge in [0.05, 0.1) is 13.2 Å². The molecular weight excluding hydrogens is 320 g/mol. The summed E-state index contributed by atoms with van der Waals surface area (Å²) >= 11 is 0. The van der Waals surface area contributed by atoms with Gasteiger partial charge in [-0.05, 0) is 0 Å². The Morgan fingerprint density at radius 3 is 1.74 bits per heavy atom. The number of aliphatic hydroxyl groups excluding tert-OH is 8. The molecule has 10 atom stereocenters. The Balaban J connectivity index is 2.08. The zero-order chi connectivity index (χ0) is 17.3. The summed E-state index contributed by atoms with van der Waals surface area (Å²) in [5.41, 5.74) is 0. The molecule has 0 radical (unpaired) electrons. The van der Waals surface area contributed by atoms with E-state index in [0.717, 1.165) is 0 Å². The molecule has 0 saturated carbocycles. The van der Waals surface area contributed by atoms with E-state index in [1.165, 1.54) is 0 Å². The second-order valence-electron chi connectivity index (χ2n) is 5.53. The van der Waals surface area contributed by atoms with E-state index in [1.54, 1.807) is 0 Å². The van der Waals surface area contributed by atoms with Crippen molar-refractivity contribution in [2.75, 3.05) is 13.2 Å². The van der Waals surface area contributed by atoms with Crippen LogP contribution in [0.15, 0.2) is 0 Å². The molecule has 0 aromatic carbocycles. The van der Waals surface area contributed by atoms with Gasteiger partial charge < -0.3 is 55.1 Å². The lowest BCUT2D eigenvalue weighted by Crippen LogP contribution is -2.64. The second-order valence-corrected chi connectivity index (χ2v) is 5.53. The Bertz CT molecular complexity index is 380. The molecule has 8 N–H and O–H groups in total. The van der Waals surface area contributed by atoms with Crippen LogP contribution in [0.3, 0.4) is 0 Å². The monoisotopic (exact) mass is 342 g/mol. The molecule has 0 aromatic rings. The standard InChI is InChI=1S/C12H22O11/c13-1-3-6(16)8(18)10(11(20)21-3)23-12-9(19)7(17)5(15)4(2-14)22-12/h3-20H,1-2H2/t3?,4?,5-,6-,7?,8?,9?,10?,11-,12+/m1/s1. The van der Waals surface area contributed by atoms with Crippen LogP contribution >= 0.6 is 0 Å². The molecule has 11 nitrogen and oxygen atoms in total. The van der Waals surface area contributed by atoms with Crippen LogP contribution in [0.25, 0.3) is 0 Å². The van der Waals surface area contributed by atoms with Crippen LogP contribution in [0.1, 0.15) is 0 Å². The maximum Gasteiger partial charge on any atom is 0.187 e. The molecule has 0 bridgehead atoms. The SMILES string of the molecule is OCC1O[C@@H](OC2C(O)[C@H](O)C(CO)O[C@H]2O)C(O)C(O)[C@@H]1O. The maximum atomic E-state index is 9.94. The molecule has 0 aliphatic carbocycles. The molecule has 0 spiro atoms. The normalized spacial score (nSPS) is 51.7. The number of aliphatic hydroxyl groups is 8. The molecule has 2 saturated heterocycles. The lowest BCUT2D eigenvalue weighted by molar-refractivity contribution is -0.361. The molecule has 136 valence electrons. The zero-order valence-corrected chi connectivity index (χ0v) is 12.0. The molecule has 2 rings (SSSR count). The van der Waals surface area contributed by atoms with Crippen molar-refractivity contribution in [2.45, 2.75) is 61.4 Å². The number of rotatable bonds is 4. The van der Waals surface area contributed by atoms with E-state index in [4.69, 9.17) is 24.4 Å². The Morgan fingerprint density at radius 1 is 0.652 bits per heavy atom. The van der Waals surface area contributed by atoms with E-state index in [-0.39, 0.29) is 0 Å². The van der Waals surface area contributed by atoms with Gasteiger partial charge in [-0.3, -0.25) is 0 Å². The summed E-state index contributed by atoms with van der Waals surface area (Å²) in [6, 6.07) is 0. The van der Waals surface area contributed by atoms with Crippen molar-refractivity contribution >= 4 is 0 Å². The Kier molecular flexibility index (Phi) is 6.27. The predicted octanol–water partition coefficient (Wildman–Crippen LogP) is -5.40. The third-order valence-electron chi connectivity index (χ3n) is 3.98. The smallest absolute Gasteiger partial charge is 0.187 e. The first-order valence-corrected chi connectivity index (χ1v) is 7.08. The van der Waals surface area contributed by atoms with E-state index in [2.05, 4.69) is 0 Å². The van der Waals surface area contributed by atoms with Gasteiger partial charge in [-0.2, -0.15) is 0 Å². The molecular formula is C12H22O11. The molecule has 2 heterocycles. The molecule has 2 aliphatic rings. The van der Waals surface area contributed by atoms with Crippen LogP contribution in [-0.4, -0.2) is 115 Å². The van der Waals surface area contributed by atoms with Crippen molar-refractivity contribution in [2.24, 2.45) is 0 Å². The van der Waals surface area contributed by atoms with Gasteiger partial charge >= 0.3 is 0 Å². The van der Waals surface area contributed by atoms with E-state index in [0.29, 0.717) is 0 Å². The van der Waals surface area contributed by atoms with Crippen LogP contribution in [-0.2, 0) is 14.2 Å². The summed E-state index contributed by atoms with van der Waals surface area (Å²) in [6.45, 7) is -1.33. The highest BCUT2D eigenvalue weighted by molar-refractivity contribution is 4.93. The first-order chi connectivity index (χ1) is 10.8. The van der Waals surface area contributed by atoms with Gasteiger partial charge in [0.2, 0.25) is 0 Å². The van der Waals surface area contributed by atoms with Crippen molar-refractivity contribution in [1.29, 1.82) is 0 Å². The average Bonchev–Trinajstić information content (AvgIpc) is 2.54. The maximum absolute atomic E-state index is 9.94. The summed E-state index contributed by atoms with van der Waals surface area (Å²) < 4.78 is 15.1. The number of hydrogen-bond acceptors (Lipinski definition) is 11. The highest BCUT2D eigenvalue weighted by Crippen LogP contribution is 2.28. The first kappa shape index (κ1) is 18.9. The molecule has 23 heavy (non-hydrogen) atoms. The van der Waals surface area contributed by atoms with Crippen LogP contribution < -0.4 is 0 Å². The van der Waals surface area contributed by atoms with Crippen molar-refractivity contribution in [3.8, 4) is 0 Å². The largest absolute Gasteiger partial charge is 0.394 e. The third-order valence-corrected chi connectivity index (χ3v) is 3.98.